The van der Waals surface area contributed by atoms with E-state index in [1.165, 1.54) is 25.9 Å². The predicted molar refractivity (Wildman–Crippen MR) is 64.3 cm³/mol. The number of carbonyl (C=O) groups is 1. The van der Waals surface area contributed by atoms with Gasteiger partial charge in [-0.2, -0.15) is 0 Å². The second kappa shape index (κ2) is 5.64. The van der Waals surface area contributed by atoms with Gasteiger partial charge < -0.3 is 15.5 Å². The van der Waals surface area contributed by atoms with Crippen LogP contribution < -0.4 is 10.6 Å². The van der Waals surface area contributed by atoms with E-state index in [1.807, 2.05) is 0 Å². The summed E-state index contributed by atoms with van der Waals surface area (Å²) in [5.41, 5.74) is 0. The molecular formula is C12H23N3O. The molecule has 1 amide bonds. The number of hydrogen-bond donors (Lipinski definition) is 2. The average Bonchev–Trinajstić information content (AvgIpc) is 2.81. The topological polar surface area (TPSA) is 44.4 Å². The van der Waals surface area contributed by atoms with Gasteiger partial charge in [-0.1, -0.05) is 0 Å². The van der Waals surface area contributed by atoms with Gasteiger partial charge >= 0.3 is 0 Å². The quantitative estimate of drug-likeness (QED) is 0.721. The molecule has 0 unspecified atom stereocenters. The Morgan fingerprint density at radius 1 is 1.38 bits per heavy atom. The summed E-state index contributed by atoms with van der Waals surface area (Å²) in [6, 6.07) is 0.0752. The van der Waals surface area contributed by atoms with Crippen LogP contribution >= 0.6 is 0 Å². The van der Waals surface area contributed by atoms with Crippen molar-refractivity contribution < 1.29 is 4.79 Å². The van der Waals surface area contributed by atoms with Crippen molar-refractivity contribution in [3.63, 3.8) is 0 Å². The molecule has 0 aliphatic carbocycles. The number of carbonyl (C=O) groups excluding carboxylic acids is 1. The molecule has 4 heteroatoms. The highest BCUT2D eigenvalue weighted by atomic mass is 16.2. The van der Waals surface area contributed by atoms with Gasteiger partial charge in [-0.05, 0) is 58.3 Å². The van der Waals surface area contributed by atoms with Crippen LogP contribution in [0.15, 0.2) is 0 Å². The minimum atomic E-state index is 0.0752. The predicted octanol–water partition coefficient (Wildman–Crippen LogP) is 0.196. The highest BCUT2D eigenvalue weighted by molar-refractivity contribution is 5.81. The summed E-state index contributed by atoms with van der Waals surface area (Å²) >= 11 is 0. The second-order valence-corrected chi connectivity index (χ2v) is 5.14. The van der Waals surface area contributed by atoms with Crippen LogP contribution in [0.25, 0.3) is 0 Å². The molecule has 92 valence electrons. The lowest BCUT2D eigenvalue weighted by atomic mass is 9.97. The van der Waals surface area contributed by atoms with E-state index in [0.29, 0.717) is 5.92 Å². The van der Waals surface area contributed by atoms with Gasteiger partial charge in [-0.25, -0.2) is 0 Å². The lowest BCUT2D eigenvalue weighted by Crippen LogP contribution is -2.43. The summed E-state index contributed by atoms with van der Waals surface area (Å²) in [6.07, 6.45) is 4.56. The van der Waals surface area contributed by atoms with E-state index < -0.39 is 0 Å². The third-order valence-corrected chi connectivity index (χ3v) is 3.78. The molecular weight excluding hydrogens is 202 g/mol. The Bertz CT molecular complexity index is 230. The molecule has 0 bridgehead atoms. The smallest absolute Gasteiger partial charge is 0.237 e. The van der Waals surface area contributed by atoms with Crippen molar-refractivity contribution >= 4 is 5.91 Å². The first-order valence-corrected chi connectivity index (χ1v) is 6.45. The van der Waals surface area contributed by atoms with E-state index in [2.05, 4.69) is 22.6 Å². The van der Waals surface area contributed by atoms with Crippen molar-refractivity contribution in [2.75, 3.05) is 33.2 Å². The molecule has 2 aliphatic rings. The Balaban J connectivity index is 1.65. The molecule has 0 saturated carbocycles. The van der Waals surface area contributed by atoms with Crippen LogP contribution in [-0.4, -0.2) is 50.1 Å². The molecule has 1 atom stereocenters. The van der Waals surface area contributed by atoms with Crippen molar-refractivity contribution in [2.24, 2.45) is 5.92 Å². The van der Waals surface area contributed by atoms with E-state index in [1.54, 1.807) is 0 Å². The highest BCUT2D eigenvalue weighted by Crippen LogP contribution is 2.15. The first-order valence-electron chi connectivity index (χ1n) is 6.45. The second-order valence-electron chi connectivity index (χ2n) is 5.14. The van der Waals surface area contributed by atoms with Crippen molar-refractivity contribution in [1.82, 2.24) is 15.5 Å². The Kier molecular flexibility index (Phi) is 4.18. The highest BCUT2D eigenvalue weighted by Gasteiger charge is 2.23. The van der Waals surface area contributed by atoms with Crippen LogP contribution in [0, 0.1) is 5.92 Å². The molecule has 4 nitrogen and oxygen atoms in total. The van der Waals surface area contributed by atoms with Crippen LogP contribution in [0.2, 0.25) is 0 Å². The summed E-state index contributed by atoms with van der Waals surface area (Å²) < 4.78 is 0. The van der Waals surface area contributed by atoms with Crippen LogP contribution in [0.4, 0.5) is 0 Å². The fourth-order valence-electron chi connectivity index (χ4n) is 2.54. The number of piperidine rings is 1. The zero-order valence-electron chi connectivity index (χ0n) is 10.2. The Morgan fingerprint density at radius 3 is 2.75 bits per heavy atom. The Morgan fingerprint density at radius 2 is 2.12 bits per heavy atom. The van der Waals surface area contributed by atoms with Crippen molar-refractivity contribution in [3.8, 4) is 0 Å². The number of rotatable bonds is 3. The van der Waals surface area contributed by atoms with Gasteiger partial charge in [0.25, 0.3) is 0 Å². The van der Waals surface area contributed by atoms with Crippen LogP contribution in [0.1, 0.15) is 25.7 Å². The zero-order chi connectivity index (χ0) is 11.4. The average molecular weight is 225 g/mol. The van der Waals surface area contributed by atoms with Crippen LogP contribution in [-0.2, 0) is 4.79 Å². The maximum Gasteiger partial charge on any atom is 0.237 e. The molecule has 0 spiro atoms. The number of nitrogens with one attached hydrogen (secondary N) is 2. The molecule has 16 heavy (non-hydrogen) atoms. The molecule has 2 heterocycles. The number of hydrogen-bond acceptors (Lipinski definition) is 3. The monoisotopic (exact) mass is 225 g/mol. The van der Waals surface area contributed by atoms with E-state index >= 15 is 0 Å². The van der Waals surface area contributed by atoms with Gasteiger partial charge in [0.05, 0.1) is 6.04 Å². The number of nitrogens with zero attached hydrogens (tertiary/aromatic N) is 1. The summed E-state index contributed by atoms with van der Waals surface area (Å²) in [5.74, 6) is 0.887. The SMILES string of the molecule is CN1CCC(CNC(=O)[C@@H]2CCCN2)CC1. The maximum atomic E-state index is 11.8. The molecule has 2 aliphatic heterocycles. The largest absolute Gasteiger partial charge is 0.354 e. The minimum absolute atomic E-state index is 0.0752. The molecule has 2 saturated heterocycles. The standard InChI is InChI=1S/C12H23N3O/c1-15-7-4-10(5-8-15)9-14-12(16)11-3-2-6-13-11/h10-11,13H,2-9H2,1H3,(H,14,16)/t11-/m0/s1. The first-order chi connectivity index (χ1) is 7.75. The number of amides is 1. The molecule has 0 aromatic heterocycles. The summed E-state index contributed by atoms with van der Waals surface area (Å²) in [5, 5.41) is 6.32. The van der Waals surface area contributed by atoms with Crippen molar-refractivity contribution in [2.45, 2.75) is 31.7 Å². The Hall–Kier alpha value is -0.610. The van der Waals surface area contributed by atoms with E-state index in [-0.39, 0.29) is 11.9 Å². The van der Waals surface area contributed by atoms with Crippen LogP contribution in [0.3, 0.4) is 0 Å². The van der Waals surface area contributed by atoms with E-state index in [0.717, 1.165) is 25.9 Å². The first kappa shape index (κ1) is 11.9. The molecule has 0 aromatic rings. The normalized spacial score (nSPS) is 28.2. The summed E-state index contributed by atoms with van der Waals surface area (Å²) in [7, 11) is 2.16. The zero-order valence-corrected chi connectivity index (χ0v) is 10.2. The van der Waals surface area contributed by atoms with E-state index in [4.69, 9.17) is 0 Å². The third-order valence-electron chi connectivity index (χ3n) is 3.78. The van der Waals surface area contributed by atoms with E-state index in [9.17, 15) is 4.79 Å². The van der Waals surface area contributed by atoms with Crippen molar-refractivity contribution in [3.05, 3.63) is 0 Å². The Labute approximate surface area is 97.8 Å². The molecule has 2 fully saturated rings. The van der Waals surface area contributed by atoms with Gasteiger partial charge in [-0.15, -0.1) is 0 Å². The minimum Gasteiger partial charge on any atom is -0.354 e. The summed E-state index contributed by atoms with van der Waals surface area (Å²) in [6.45, 7) is 4.20. The lowest BCUT2D eigenvalue weighted by molar-refractivity contribution is -0.123. The van der Waals surface area contributed by atoms with Crippen molar-refractivity contribution in [1.29, 1.82) is 0 Å². The lowest BCUT2D eigenvalue weighted by Gasteiger charge is -2.29. The molecule has 2 N–H and O–H groups in total. The van der Waals surface area contributed by atoms with Gasteiger partial charge in [0, 0.05) is 6.54 Å². The summed E-state index contributed by atoms with van der Waals surface area (Å²) in [4.78, 5) is 14.1. The molecule has 0 radical (unpaired) electrons. The van der Waals surface area contributed by atoms with Gasteiger partial charge in [0.2, 0.25) is 5.91 Å². The molecule has 0 aromatic carbocycles. The number of likely N-dealkylation sites (tertiary alicyclic amines) is 1. The van der Waals surface area contributed by atoms with Gasteiger partial charge in [-0.3, -0.25) is 4.79 Å². The van der Waals surface area contributed by atoms with Crippen LogP contribution in [0.5, 0.6) is 0 Å². The molecule has 2 rings (SSSR count). The maximum absolute atomic E-state index is 11.8. The fraction of sp³-hybridized carbons (Fsp3) is 0.917. The fourth-order valence-corrected chi connectivity index (χ4v) is 2.54. The third kappa shape index (κ3) is 3.19. The van der Waals surface area contributed by atoms with Gasteiger partial charge in [0.15, 0.2) is 0 Å². The van der Waals surface area contributed by atoms with Gasteiger partial charge in [0.1, 0.15) is 0 Å².